The fraction of sp³-hybridized carbons (Fsp3) is 0.900. The molecule has 1 heterocycles. The quantitative estimate of drug-likeness (QED) is 0.655. The first-order valence-electron chi connectivity index (χ1n) is 4.98. The van der Waals surface area contributed by atoms with Crippen LogP contribution in [-0.2, 0) is 4.79 Å². The summed E-state index contributed by atoms with van der Waals surface area (Å²) in [4.78, 5) is 13.9. The number of nitrogens with zero attached hydrogens (tertiary/aromatic N) is 1. The van der Waals surface area contributed by atoms with Gasteiger partial charge >= 0.3 is 0 Å². The molecule has 0 aromatic carbocycles. The van der Waals surface area contributed by atoms with Crippen molar-refractivity contribution in [2.45, 2.75) is 33.7 Å². The fourth-order valence-corrected chi connectivity index (χ4v) is 2.00. The Bertz CT molecular complexity index is 196. The van der Waals surface area contributed by atoms with Gasteiger partial charge in [-0.3, -0.25) is 9.69 Å². The van der Waals surface area contributed by atoms with E-state index in [1.165, 1.54) is 0 Å². The Balaban J connectivity index is 2.80. The van der Waals surface area contributed by atoms with E-state index in [1.54, 1.807) is 0 Å². The zero-order chi connectivity index (χ0) is 10.1. The van der Waals surface area contributed by atoms with Crippen LogP contribution < -0.4 is 5.32 Å². The van der Waals surface area contributed by atoms with Gasteiger partial charge in [0.1, 0.15) is 0 Å². The average Bonchev–Trinajstić information content (AvgIpc) is 2.01. The minimum atomic E-state index is 0.0283. The SMILES string of the molecule is CCN1CCNC(=O)C1C(C)(C)C. The third-order valence-electron chi connectivity index (χ3n) is 2.54. The number of amides is 1. The molecule has 1 amide bonds. The first kappa shape index (κ1) is 10.5. The molecule has 1 rings (SSSR count). The molecule has 0 saturated carbocycles. The lowest BCUT2D eigenvalue weighted by atomic mass is 9.84. The molecular formula is C10H20N2O. The highest BCUT2D eigenvalue weighted by Crippen LogP contribution is 2.25. The topological polar surface area (TPSA) is 32.3 Å². The van der Waals surface area contributed by atoms with Crippen LogP contribution in [0.1, 0.15) is 27.7 Å². The first-order chi connectivity index (χ1) is 5.96. The molecule has 0 spiro atoms. The van der Waals surface area contributed by atoms with Crippen molar-refractivity contribution >= 4 is 5.91 Å². The second-order valence-electron chi connectivity index (χ2n) is 4.69. The Morgan fingerprint density at radius 1 is 1.54 bits per heavy atom. The van der Waals surface area contributed by atoms with Crippen LogP contribution in [-0.4, -0.2) is 36.5 Å². The van der Waals surface area contributed by atoms with Gasteiger partial charge < -0.3 is 5.32 Å². The standard InChI is InChI=1S/C10H20N2O/c1-5-12-7-6-11-9(13)8(12)10(2,3)4/h8H,5-7H2,1-4H3,(H,11,13). The van der Waals surface area contributed by atoms with Gasteiger partial charge in [-0.1, -0.05) is 27.7 Å². The van der Waals surface area contributed by atoms with Crippen molar-refractivity contribution in [3.05, 3.63) is 0 Å². The Morgan fingerprint density at radius 2 is 2.15 bits per heavy atom. The van der Waals surface area contributed by atoms with Crippen LogP contribution in [0.5, 0.6) is 0 Å². The molecule has 3 heteroatoms. The molecule has 1 saturated heterocycles. The zero-order valence-corrected chi connectivity index (χ0v) is 9.05. The summed E-state index contributed by atoms with van der Waals surface area (Å²) in [5.74, 6) is 0.181. The van der Waals surface area contributed by atoms with Crippen molar-refractivity contribution in [2.75, 3.05) is 19.6 Å². The molecule has 1 N–H and O–H groups in total. The van der Waals surface area contributed by atoms with Gasteiger partial charge in [-0.2, -0.15) is 0 Å². The van der Waals surface area contributed by atoms with Crippen molar-refractivity contribution in [3.63, 3.8) is 0 Å². The molecule has 76 valence electrons. The Labute approximate surface area is 80.5 Å². The molecule has 0 aliphatic carbocycles. The highest BCUT2D eigenvalue weighted by Gasteiger charge is 2.37. The summed E-state index contributed by atoms with van der Waals surface area (Å²) in [7, 11) is 0. The van der Waals surface area contributed by atoms with Crippen LogP contribution in [0.4, 0.5) is 0 Å². The summed E-state index contributed by atoms with van der Waals surface area (Å²) in [6.45, 7) is 11.2. The average molecular weight is 184 g/mol. The van der Waals surface area contributed by atoms with E-state index in [-0.39, 0.29) is 17.4 Å². The highest BCUT2D eigenvalue weighted by atomic mass is 16.2. The Morgan fingerprint density at radius 3 is 2.54 bits per heavy atom. The van der Waals surface area contributed by atoms with Crippen LogP contribution >= 0.6 is 0 Å². The molecule has 1 aliphatic heterocycles. The third kappa shape index (κ3) is 2.21. The summed E-state index contributed by atoms with van der Waals surface area (Å²) in [5.41, 5.74) is 0.0283. The van der Waals surface area contributed by atoms with Crippen LogP contribution in [0.3, 0.4) is 0 Å². The molecule has 1 atom stereocenters. The van der Waals surface area contributed by atoms with Gasteiger partial charge in [0.05, 0.1) is 6.04 Å². The van der Waals surface area contributed by atoms with Crippen LogP contribution in [0.15, 0.2) is 0 Å². The van der Waals surface area contributed by atoms with Crippen molar-refractivity contribution < 1.29 is 4.79 Å². The molecule has 3 nitrogen and oxygen atoms in total. The predicted molar refractivity (Wildman–Crippen MR) is 53.5 cm³/mol. The molecule has 0 aromatic rings. The van der Waals surface area contributed by atoms with E-state index in [4.69, 9.17) is 0 Å². The first-order valence-corrected chi connectivity index (χ1v) is 4.98. The van der Waals surface area contributed by atoms with Crippen molar-refractivity contribution in [1.29, 1.82) is 0 Å². The lowest BCUT2D eigenvalue weighted by Gasteiger charge is -2.41. The fourth-order valence-electron chi connectivity index (χ4n) is 2.00. The van der Waals surface area contributed by atoms with E-state index in [1.807, 2.05) is 0 Å². The van der Waals surface area contributed by atoms with Crippen molar-refractivity contribution in [2.24, 2.45) is 5.41 Å². The lowest BCUT2D eigenvalue weighted by molar-refractivity contribution is -0.133. The number of rotatable bonds is 1. The van der Waals surface area contributed by atoms with E-state index >= 15 is 0 Å². The van der Waals surface area contributed by atoms with E-state index in [0.29, 0.717) is 0 Å². The van der Waals surface area contributed by atoms with Crippen LogP contribution in [0.2, 0.25) is 0 Å². The summed E-state index contributed by atoms with van der Waals surface area (Å²) < 4.78 is 0. The molecule has 1 fully saturated rings. The predicted octanol–water partition coefficient (Wildman–Crippen LogP) is 0.853. The van der Waals surface area contributed by atoms with E-state index in [0.717, 1.165) is 19.6 Å². The van der Waals surface area contributed by atoms with Gasteiger partial charge in [0.2, 0.25) is 5.91 Å². The maximum absolute atomic E-state index is 11.7. The number of carbonyl (C=O) groups is 1. The number of hydrogen-bond acceptors (Lipinski definition) is 2. The van der Waals surface area contributed by atoms with Gasteiger partial charge in [0.25, 0.3) is 0 Å². The molecule has 0 radical (unpaired) electrons. The monoisotopic (exact) mass is 184 g/mol. The minimum absolute atomic E-state index is 0.0283. The number of likely N-dealkylation sites (N-methyl/N-ethyl adjacent to an activating group) is 1. The van der Waals surface area contributed by atoms with E-state index < -0.39 is 0 Å². The number of nitrogens with one attached hydrogen (secondary N) is 1. The van der Waals surface area contributed by atoms with Gasteiger partial charge in [-0.15, -0.1) is 0 Å². The molecular weight excluding hydrogens is 164 g/mol. The van der Waals surface area contributed by atoms with E-state index in [2.05, 4.69) is 37.9 Å². The number of hydrogen-bond donors (Lipinski definition) is 1. The zero-order valence-electron chi connectivity index (χ0n) is 9.05. The van der Waals surface area contributed by atoms with Gasteiger partial charge in [0, 0.05) is 13.1 Å². The smallest absolute Gasteiger partial charge is 0.237 e. The van der Waals surface area contributed by atoms with Crippen LogP contribution in [0, 0.1) is 5.41 Å². The minimum Gasteiger partial charge on any atom is -0.353 e. The summed E-state index contributed by atoms with van der Waals surface area (Å²) >= 11 is 0. The molecule has 0 aromatic heterocycles. The second kappa shape index (κ2) is 3.66. The molecule has 0 bridgehead atoms. The van der Waals surface area contributed by atoms with Gasteiger partial charge in [-0.05, 0) is 12.0 Å². The number of carbonyl (C=O) groups excluding carboxylic acids is 1. The molecule has 1 aliphatic rings. The normalized spacial score (nSPS) is 25.8. The van der Waals surface area contributed by atoms with Crippen molar-refractivity contribution in [1.82, 2.24) is 10.2 Å². The summed E-state index contributed by atoms with van der Waals surface area (Å²) in [5, 5.41) is 2.92. The van der Waals surface area contributed by atoms with Gasteiger partial charge in [0.15, 0.2) is 0 Å². The third-order valence-corrected chi connectivity index (χ3v) is 2.54. The number of piperazine rings is 1. The summed E-state index contributed by atoms with van der Waals surface area (Å²) in [6.07, 6.45) is 0. The molecule has 13 heavy (non-hydrogen) atoms. The van der Waals surface area contributed by atoms with Gasteiger partial charge in [-0.25, -0.2) is 0 Å². The Kier molecular flexibility index (Phi) is 2.96. The van der Waals surface area contributed by atoms with Crippen LogP contribution in [0.25, 0.3) is 0 Å². The second-order valence-corrected chi connectivity index (χ2v) is 4.69. The maximum Gasteiger partial charge on any atom is 0.237 e. The largest absolute Gasteiger partial charge is 0.353 e. The Hall–Kier alpha value is -0.570. The lowest BCUT2D eigenvalue weighted by Crippen LogP contribution is -2.59. The summed E-state index contributed by atoms with van der Waals surface area (Å²) in [6, 6.07) is 0.0336. The maximum atomic E-state index is 11.7. The highest BCUT2D eigenvalue weighted by molar-refractivity contribution is 5.83. The van der Waals surface area contributed by atoms with E-state index in [9.17, 15) is 4.79 Å². The molecule has 1 unspecified atom stereocenters. The van der Waals surface area contributed by atoms with Crippen molar-refractivity contribution in [3.8, 4) is 0 Å².